The van der Waals surface area contributed by atoms with Gasteiger partial charge in [0, 0.05) is 10.3 Å². The Morgan fingerprint density at radius 3 is 2.33 bits per heavy atom. The van der Waals surface area contributed by atoms with Gasteiger partial charge < -0.3 is 0 Å². The fourth-order valence-corrected chi connectivity index (χ4v) is 4.50. The van der Waals surface area contributed by atoms with Crippen LogP contribution in [0.4, 0.5) is 0 Å². The third kappa shape index (κ3) is 2.53. The molecule has 112 valence electrons. The van der Waals surface area contributed by atoms with Gasteiger partial charge in [-0.25, -0.2) is 0 Å². The highest BCUT2D eigenvalue weighted by Crippen LogP contribution is 2.45. The molecule has 1 aromatic carbocycles. The molecule has 0 spiro atoms. The Morgan fingerprint density at radius 1 is 1.29 bits per heavy atom. The van der Waals surface area contributed by atoms with Crippen LogP contribution < -0.4 is 0 Å². The molecule has 2 rings (SSSR count). The van der Waals surface area contributed by atoms with Crippen LogP contribution in [-0.2, 0) is 10.8 Å². The van der Waals surface area contributed by atoms with Crippen LogP contribution in [0.5, 0.6) is 0 Å². The Kier molecular flexibility index (Phi) is 4.03. The van der Waals surface area contributed by atoms with Gasteiger partial charge in [0.15, 0.2) is 5.54 Å². The second kappa shape index (κ2) is 5.34. The molecular weight excluding hydrogens is 282 g/mol. The SMILES string of the molecule is Cc1ccc(S(=O)[C@H]2[C@H](C)N=N[C@]2(C#N)C(C)(C)C)cc1. The van der Waals surface area contributed by atoms with Gasteiger partial charge in [0.05, 0.1) is 22.9 Å². The summed E-state index contributed by atoms with van der Waals surface area (Å²) < 4.78 is 13.0. The third-order valence-corrected chi connectivity index (χ3v) is 5.98. The van der Waals surface area contributed by atoms with Crippen molar-refractivity contribution in [2.45, 2.75) is 56.3 Å². The van der Waals surface area contributed by atoms with Crippen molar-refractivity contribution in [3.63, 3.8) is 0 Å². The molecule has 0 aromatic heterocycles. The minimum atomic E-state index is -1.32. The van der Waals surface area contributed by atoms with Crippen molar-refractivity contribution in [3.8, 4) is 6.07 Å². The molecule has 1 heterocycles. The summed E-state index contributed by atoms with van der Waals surface area (Å²) in [6, 6.07) is 9.67. The lowest BCUT2D eigenvalue weighted by molar-refractivity contribution is 0.252. The van der Waals surface area contributed by atoms with Crippen LogP contribution in [0.3, 0.4) is 0 Å². The second-order valence-electron chi connectivity index (χ2n) is 6.62. The highest BCUT2D eigenvalue weighted by atomic mass is 32.2. The number of azo groups is 1. The molecule has 0 bridgehead atoms. The van der Waals surface area contributed by atoms with Gasteiger partial charge in [-0.1, -0.05) is 38.5 Å². The molecule has 0 N–H and O–H groups in total. The van der Waals surface area contributed by atoms with E-state index in [1.165, 1.54) is 0 Å². The van der Waals surface area contributed by atoms with E-state index >= 15 is 0 Å². The number of nitriles is 1. The molecule has 1 aliphatic heterocycles. The lowest BCUT2D eigenvalue weighted by Crippen LogP contribution is -2.52. The number of hydrogen-bond donors (Lipinski definition) is 0. The first kappa shape index (κ1) is 15.8. The molecule has 21 heavy (non-hydrogen) atoms. The first-order valence-corrected chi connectivity index (χ1v) is 8.25. The molecule has 0 aliphatic carbocycles. The van der Waals surface area contributed by atoms with Crippen LogP contribution in [0.15, 0.2) is 39.4 Å². The van der Waals surface area contributed by atoms with Gasteiger partial charge in [0.2, 0.25) is 0 Å². The molecule has 1 unspecified atom stereocenters. The number of aryl methyl sites for hydroxylation is 1. The predicted molar refractivity (Wildman–Crippen MR) is 83.5 cm³/mol. The number of nitrogens with zero attached hydrogens (tertiary/aromatic N) is 3. The average Bonchev–Trinajstić information content (AvgIpc) is 2.76. The summed E-state index contributed by atoms with van der Waals surface area (Å²) in [6.07, 6.45) is 0. The van der Waals surface area contributed by atoms with Crippen LogP contribution in [0, 0.1) is 23.7 Å². The van der Waals surface area contributed by atoms with Crippen LogP contribution in [-0.4, -0.2) is 21.0 Å². The van der Waals surface area contributed by atoms with Crippen molar-refractivity contribution < 1.29 is 4.21 Å². The summed E-state index contributed by atoms with van der Waals surface area (Å²) >= 11 is 0. The maximum absolute atomic E-state index is 13.0. The van der Waals surface area contributed by atoms with E-state index in [1.54, 1.807) is 0 Å². The van der Waals surface area contributed by atoms with Gasteiger partial charge in [-0.3, -0.25) is 4.21 Å². The van der Waals surface area contributed by atoms with E-state index in [0.717, 1.165) is 10.5 Å². The molecule has 0 amide bonds. The molecule has 4 nitrogen and oxygen atoms in total. The monoisotopic (exact) mass is 303 g/mol. The Morgan fingerprint density at radius 2 is 1.86 bits per heavy atom. The fraction of sp³-hybridized carbons (Fsp3) is 0.562. The van der Waals surface area contributed by atoms with E-state index in [-0.39, 0.29) is 6.04 Å². The lowest BCUT2D eigenvalue weighted by Gasteiger charge is -2.37. The first-order valence-electron chi connectivity index (χ1n) is 7.03. The summed E-state index contributed by atoms with van der Waals surface area (Å²) in [6.45, 7) is 9.72. The highest BCUT2D eigenvalue weighted by molar-refractivity contribution is 7.85. The summed E-state index contributed by atoms with van der Waals surface area (Å²) in [5, 5.41) is 17.8. The lowest BCUT2D eigenvalue weighted by atomic mass is 9.72. The Bertz CT molecular complexity index is 624. The number of hydrogen-bond acceptors (Lipinski definition) is 4. The van der Waals surface area contributed by atoms with Gasteiger partial charge in [-0.05, 0) is 26.0 Å². The minimum Gasteiger partial charge on any atom is -0.254 e. The average molecular weight is 303 g/mol. The van der Waals surface area contributed by atoms with Crippen molar-refractivity contribution in [1.29, 1.82) is 5.26 Å². The summed E-state index contributed by atoms with van der Waals surface area (Å²) in [7, 11) is -1.32. The standard InChI is InChI=1S/C16H21N3OS/c1-11-6-8-13(9-7-11)21(20)14-12(2)18-19-16(14,10-17)15(3,4)5/h6-9,12,14H,1-5H3/t12-,14-,16-,21?/m0/s1. The fourth-order valence-electron chi connectivity index (χ4n) is 2.63. The maximum atomic E-state index is 13.0. The van der Waals surface area contributed by atoms with E-state index in [2.05, 4.69) is 16.3 Å². The van der Waals surface area contributed by atoms with Crippen LogP contribution in [0.2, 0.25) is 0 Å². The van der Waals surface area contributed by atoms with E-state index in [0.29, 0.717) is 0 Å². The molecule has 0 saturated heterocycles. The summed E-state index contributed by atoms with van der Waals surface area (Å²) in [4.78, 5) is 0.730. The smallest absolute Gasteiger partial charge is 0.188 e. The summed E-state index contributed by atoms with van der Waals surface area (Å²) in [5.74, 6) is 0. The van der Waals surface area contributed by atoms with Crippen molar-refractivity contribution in [2.24, 2.45) is 15.6 Å². The Labute approximate surface area is 128 Å². The first-order chi connectivity index (χ1) is 9.73. The van der Waals surface area contributed by atoms with Crippen LogP contribution >= 0.6 is 0 Å². The van der Waals surface area contributed by atoms with Crippen LogP contribution in [0.1, 0.15) is 33.3 Å². The van der Waals surface area contributed by atoms with Gasteiger partial charge in [-0.2, -0.15) is 15.5 Å². The normalized spacial score (nSPS) is 30.1. The largest absolute Gasteiger partial charge is 0.254 e. The Balaban J connectivity index is 2.48. The molecule has 5 heteroatoms. The topological polar surface area (TPSA) is 65.6 Å². The molecule has 0 radical (unpaired) electrons. The number of rotatable bonds is 2. The van der Waals surface area contributed by atoms with E-state index < -0.39 is 27.0 Å². The quantitative estimate of drug-likeness (QED) is 0.837. The Hall–Kier alpha value is -1.54. The third-order valence-electron chi connectivity index (χ3n) is 4.05. The second-order valence-corrected chi connectivity index (χ2v) is 8.19. The van der Waals surface area contributed by atoms with Crippen molar-refractivity contribution >= 4 is 10.8 Å². The van der Waals surface area contributed by atoms with Gasteiger partial charge in [0.25, 0.3) is 0 Å². The summed E-state index contributed by atoms with van der Waals surface area (Å²) in [5.41, 5.74) is -0.365. The van der Waals surface area contributed by atoms with Gasteiger partial charge in [0.1, 0.15) is 5.25 Å². The van der Waals surface area contributed by atoms with Crippen molar-refractivity contribution in [2.75, 3.05) is 0 Å². The molecule has 1 aliphatic rings. The van der Waals surface area contributed by atoms with Gasteiger partial charge in [-0.15, -0.1) is 0 Å². The van der Waals surface area contributed by atoms with E-state index in [4.69, 9.17) is 0 Å². The molecule has 1 aromatic rings. The molecule has 0 saturated carbocycles. The van der Waals surface area contributed by atoms with E-state index in [9.17, 15) is 9.47 Å². The van der Waals surface area contributed by atoms with Crippen LogP contribution in [0.25, 0.3) is 0 Å². The molecule has 0 fully saturated rings. The minimum absolute atomic E-state index is 0.231. The highest BCUT2D eigenvalue weighted by Gasteiger charge is 2.57. The predicted octanol–water partition coefficient (Wildman–Crippen LogP) is 3.63. The van der Waals surface area contributed by atoms with E-state index in [1.807, 2.05) is 58.9 Å². The van der Waals surface area contributed by atoms with Crippen molar-refractivity contribution in [1.82, 2.24) is 0 Å². The molecular formula is C16H21N3OS. The zero-order chi connectivity index (χ0) is 15.8. The molecule has 4 atom stereocenters. The van der Waals surface area contributed by atoms with Gasteiger partial charge >= 0.3 is 0 Å². The zero-order valence-corrected chi connectivity index (χ0v) is 13.9. The maximum Gasteiger partial charge on any atom is 0.188 e. The van der Waals surface area contributed by atoms with Crippen molar-refractivity contribution in [3.05, 3.63) is 29.8 Å². The zero-order valence-electron chi connectivity index (χ0n) is 13.1. The number of benzene rings is 1.